The van der Waals surface area contributed by atoms with Gasteiger partial charge in [0.15, 0.2) is 0 Å². The number of carbonyl (C=O) groups excluding carboxylic acids is 1. The molecule has 0 aliphatic carbocycles. The Morgan fingerprint density at radius 3 is 2.64 bits per heavy atom. The molecule has 0 aromatic heterocycles. The molecule has 0 N–H and O–H groups in total. The highest BCUT2D eigenvalue weighted by Crippen LogP contribution is 2.33. The Balaban J connectivity index is 2.43. The molecule has 2 aromatic carbocycles. The molecule has 0 saturated carbocycles. The summed E-state index contributed by atoms with van der Waals surface area (Å²) in [5.41, 5.74) is 1.46. The molecule has 0 heterocycles. The van der Waals surface area contributed by atoms with Gasteiger partial charge in [0, 0.05) is 29.1 Å². The summed E-state index contributed by atoms with van der Waals surface area (Å²) in [7, 11) is 3.09. The minimum absolute atomic E-state index is 0.0407. The number of nitro benzene ring substituents is 1. The van der Waals surface area contributed by atoms with Crippen molar-refractivity contribution in [1.82, 2.24) is 4.90 Å². The standard InChI is InChI=1S/C18H19ClN2O4/c1-20(12-18(22)25-2)11-16(13-6-5-7-14(19)10-13)15-8-3-4-9-17(15)21(23)24/h3-10,16H,11-12H2,1-2H3. The molecule has 7 heteroatoms. The van der Waals surface area contributed by atoms with Crippen LogP contribution >= 0.6 is 11.6 Å². The summed E-state index contributed by atoms with van der Waals surface area (Å²) in [5.74, 6) is -0.676. The van der Waals surface area contributed by atoms with Crippen LogP contribution in [0.3, 0.4) is 0 Å². The molecule has 0 radical (unpaired) electrons. The van der Waals surface area contributed by atoms with Crippen molar-refractivity contribution in [3.63, 3.8) is 0 Å². The van der Waals surface area contributed by atoms with E-state index in [1.165, 1.54) is 13.2 Å². The number of hydrogen-bond donors (Lipinski definition) is 0. The zero-order valence-electron chi connectivity index (χ0n) is 14.0. The van der Waals surface area contributed by atoms with Crippen molar-refractivity contribution in [2.45, 2.75) is 5.92 Å². The van der Waals surface area contributed by atoms with Crippen LogP contribution < -0.4 is 0 Å². The lowest BCUT2D eigenvalue weighted by molar-refractivity contribution is -0.385. The first-order valence-electron chi connectivity index (χ1n) is 7.66. The van der Waals surface area contributed by atoms with Crippen LogP contribution in [0.5, 0.6) is 0 Å². The molecule has 132 valence electrons. The Morgan fingerprint density at radius 2 is 2.00 bits per heavy atom. The van der Waals surface area contributed by atoms with Gasteiger partial charge in [0.25, 0.3) is 5.69 Å². The third kappa shape index (κ3) is 5.01. The second-order valence-corrected chi connectivity index (χ2v) is 6.13. The fourth-order valence-electron chi connectivity index (χ4n) is 2.72. The third-order valence-corrected chi connectivity index (χ3v) is 4.12. The number of methoxy groups -OCH3 is 1. The smallest absolute Gasteiger partial charge is 0.319 e. The first-order chi connectivity index (χ1) is 11.9. The van der Waals surface area contributed by atoms with Gasteiger partial charge in [-0.05, 0) is 24.7 Å². The number of esters is 1. The van der Waals surface area contributed by atoms with Gasteiger partial charge in [-0.25, -0.2) is 0 Å². The van der Waals surface area contributed by atoms with E-state index in [1.54, 1.807) is 48.3 Å². The van der Waals surface area contributed by atoms with E-state index in [9.17, 15) is 14.9 Å². The SMILES string of the molecule is COC(=O)CN(C)CC(c1cccc(Cl)c1)c1ccccc1[N+](=O)[O-]. The van der Waals surface area contributed by atoms with E-state index in [0.717, 1.165) is 5.56 Å². The van der Waals surface area contributed by atoms with E-state index < -0.39 is 4.92 Å². The largest absolute Gasteiger partial charge is 0.468 e. The molecule has 1 unspecified atom stereocenters. The van der Waals surface area contributed by atoms with Crippen LogP contribution in [-0.2, 0) is 9.53 Å². The van der Waals surface area contributed by atoms with Crippen LogP contribution in [0, 0.1) is 10.1 Å². The van der Waals surface area contributed by atoms with Gasteiger partial charge in [0.1, 0.15) is 0 Å². The normalized spacial score (nSPS) is 12.0. The van der Waals surface area contributed by atoms with Gasteiger partial charge in [0.05, 0.1) is 18.6 Å². The predicted octanol–water partition coefficient (Wildman–Crippen LogP) is 3.48. The molecule has 2 aromatic rings. The van der Waals surface area contributed by atoms with Gasteiger partial charge in [-0.15, -0.1) is 0 Å². The average Bonchev–Trinajstić information content (AvgIpc) is 2.59. The van der Waals surface area contributed by atoms with Crippen LogP contribution in [0.2, 0.25) is 5.02 Å². The zero-order valence-corrected chi connectivity index (χ0v) is 14.8. The first-order valence-corrected chi connectivity index (χ1v) is 8.04. The quantitative estimate of drug-likeness (QED) is 0.428. The van der Waals surface area contributed by atoms with Crippen molar-refractivity contribution >= 4 is 23.3 Å². The lowest BCUT2D eigenvalue weighted by Gasteiger charge is -2.24. The Hall–Kier alpha value is -2.44. The Morgan fingerprint density at radius 1 is 1.28 bits per heavy atom. The molecule has 0 bridgehead atoms. The minimum Gasteiger partial charge on any atom is -0.468 e. The highest BCUT2D eigenvalue weighted by Gasteiger charge is 2.25. The molecule has 25 heavy (non-hydrogen) atoms. The molecule has 0 aliphatic rings. The summed E-state index contributed by atoms with van der Waals surface area (Å²) in [6.45, 7) is 0.495. The summed E-state index contributed by atoms with van der Waals surface area (Å²) in [5, 5.41) is 12.0. The first kappa shape index (κ1) is 18.9. The number of nitrogens with zero attached hydrogens (tertiary/aromatic N) is 2. The van der Waals surface area contributed by atoms with Crippen molar-refractivity contribution in [1.29, 1.82) is 0 Å². The molecule has 0 spiro atoms. The van der Waals surface area contributed by atoms with Crippen LogP contribution in [0.1, 0.15) is 17.0 Å². The van der Waals surface area contributed by atoms with Crippen LogP contribution in [0.25, 0.3) is 0 Å². The van der Waals surface area contributed by atoms with Gasteiger partial charge >= 0.3 is 5.97 Å². The number of hydrogen-bond acceptors (Lipinski definition) is 5. The van der Waals surface area contributed by atoms with E-state index in [-0.39, 0.29) is 24.1 Å². The van der Waals surface area contributed by atoms with Gasteiger partial charge in [-0.1, -0.05) is 41.9 Å². The maximum Gasteiger partial charge on any atom is 0.319 e. The van der Waals surface area contributed by atoms with Crippen LogP contribution in [0.4, 0.5) is 5.69 Å². The Labute approximate surface area is 151 Å². The molecular formula is C18H19ClN2O4. The Kier molecular flexibility index (Phi) is 6.50. The highest BCUT2D eigenvalue weighted by atomic mass is 35.5. The number of ether oxygens (including phenoxy) is 1. The number of rotatable bonds is 7. The number of benzene rings is 2. The minimum atomic E-state index is -0.396. The van der Waals surface area contributed by atoms with Crippen molar-refractivity contribution < 1.29 is 14.5 Å². The van der Waals surface area contributed by atoms with Crippen molar-refractivity contribution in [2.24, 2.45) is 0 Å². The number of para-hydroxylation sites is 1. The number of carbonyl (C=O) groups is 1. The molecule has 0 fully saturated rings. The molecule has 6 nitrogen and oxygen atoms in total. The summed E-state index contributed by atoms with van der Waals surface area (Å²) in [4.78, 5) is 24.3. The molecule has 0 saturated heterocycles. The molecule has 0 aliphatic heterocycles. The average molecular weight is 363 g/mol. The predicted molar refractivity (Wildman–Crippen MR) is 95.9 cm³/mol. The van der Waals surface area contributed by atoms with Gasteiger partial charge in [-0.3, -0.25) is 19.8 Å². The molecule has 0 amide bonds. The zero-order chi connectivity index (χ0) is 18.4. The summed E-state index contributed by atoms with van der Waals surface area (Å²) in [6, 6.07) is 13.8. The van der Waals surface area contributed by atoms with Gasteiger partial charge < -0.3 is 4.74 Å². The lowest BCUT2D eigenvalue weighted by atomic mass is 9.89. The monoisotopic (exact) mass is 362 g/mol. The maximum absolute atomic E-state index is 11.5. The Bertz CT molecular complexity index is 766. The van der Waals surface area contributed by atoms with E-state index in [4.69, 9.17) is 11.6 Å². The van der Waals surface area contributed by atoms with E-state index in [0.29, 0.717) is 17.1 Å². The van der Waals surface area contributed by atoms with Gasteiger partial charge in [0.2, 0.25) is 0 Å². The molecular weight excluding hydrogens is 344 g/mol. The fraction of sp³-hybridized carbons (Fsp3) is 0.278. The van der Waals surface area contributed by atoms with Crippen LogP contribution in [-0.4, -0.2) is 43.0 Å². The van der Waals surface area contributed by atoms with E-state index in [1.807, 2.05) is 6.07 Å². The topological polar surface area (TPSA) is 72.7 Å². The van der Waals surface area contributed by atoms with Crippen molar-refractivity contribution in [3.05, 3.63) is 74.8 Å². The van der Waals surface area contributed by atoms with E-state index >= 15 is 0 Å². The number of nitro groups is 1. The number of halogens is 1. The lowest BCUT2D eigenvalue weighted by Crippen LogP contribution is -2.31. The van der Waals surface area contributed by atoms with Crippen molar-refractivity contribution in [3.8, 4) is 0 Å². The van der Waals surface area contributed by atoms with Crippen molar-refractivity contribution in [2.75, 3.05) is 27.2 Å². The second kappa shape index (κ2) is 8.60. The molecule has 1 atom stereocenters. The highest BCUT2D eigenvalue weighted by molar-refractivity contribution is 6.30. The molecule has 2 rings (SSSR count). The number of likely N-dealkylation sites (N-methyl/N-ethyl adjacent to an activating group) is 1. The fourth-order valence-corrected chi connectivity index (χ4v) is 2.92. The van der Waals surface area contributed by atoms with E-state index in [2.05, 4.69) is 4.74 Å². The summed E-state index contributed by atoms with van der Waals surface area (Å²) < 4.78 is 4.68. The maximum atomic E-state index is 11.5. The van der Waals surface area contributed by atoms with Crippen LogP contribution in [0.15, 0.2) is 48.5 Å². The van der Waals surface area contributed by atoms with Gasteiger partial charge in [-0.2, -0.15) is 0 Å². The second-order valence-electron chi connectivity index (χ2n) is 5.70. The summed E-state index contributed by atoms with van der Waals surface area (Å²) in [6.07, 6.45) is 0. The third-order valence-electron chi connectivity index (χ3n) is 3.88. The summed E-state index contributed by atoms with van der Waals surface area (Å²) >= 11 is 6.10.